The predicted molar refractivity (Wildman–Crippen MR) is 49.8 cm³/mol. The average molecular weight is 241 g/mol. The monoisotopic (exact) mass is 241 g/mol. The van der Waals surface area contributed by atoms with Gasteiger partial charge in [-0.05, 0) is 13.8 Å². The van der Waals surface area contributed by atoms with Crippen molar-refractivity contribution < 1.29 is 27.5 Å². The van der Waals surface area contributed by atoms with Gasteiger partial charge in [0.25, 0.3) is 0 Å². The van der Waals surface area contributed by atoms with E-state index in [1.165, 1.54) is 13.8 Å². The zero-order valence-corrected chi connectivity index (χ0v) is 9.06. The molecule has 1 atom stereocenters. The number of amides is 1. The highest BCUT2D eigenvalue weighted by atomic mass is 19.4. The number of carbonyl (C=O) groups excluding carboxylic acids is 2. The van der Waals surface area contributed by atoms with E-state index in [1.807, 2.05) is 0 Å². The lowest BCUT2D eigenvalue weighted by Crippen LogP contribution is -2.37. The van der Waals surface area contributed by atoms with Crippen LogP contribution in [0.1, 0.15) is 20.3 Å². The van der Waals surface area contributed by atoms with Gasteiger partial charge in [0.15, 0.2) is 5.78 Å². The van der Waals surface area contributed by atoms with E-state index in [2.05, 4.69) is 10.1 Å². The molecule has 0 aromatic carbocycles. The summed E-state index contributed by atoms with van der Waals surface area (Å²) in [5.74, 6) is -0.727. The molecule has 1 amide bonds. The number of ether oxygens (including phenoxy) is 1. The van der Waals surface area contributed by atoms with Gasteiger partial charge in [-0.3, -0.25) is 9.59 Å². The van der Waals surface area contributed by atoms with Gasteiger partial charge in [-0.15, -0.1) is 0 Å². The normalized spacial score (nSPS) is 13.3. The van der Waals surface area contributed by atoms with Gasteiger partial charge < -0.3 is 10.1 Å². The number of nitrogens with one attached hydrogen (secondary N) is 1. The lowest BCUT2D eigenvalue weighted by molar-refractivity contribution is -0.174. The third-order valence-electron chi connectivity index (χ3n) is 1.73. The lowest BCUT2D eigenvalue weighted by atomic mass is 10.2. The summed E-state index contributed by atoms with van der Waals surface area (Å²) >= 11 is 0. The Balaban J connectivity index is 3.63. The molecular formula is C9H14F3NO3. The van der Waals surface area contributed by atoms with Crippen molar-refractivity contribution in [1.29, 1.82) is 0 Å². The zero-order valence-electron chi connectivity index (χ0n) is 9.06. The Morgan fingerprint density at radius 3 is 2.38 bits per heavy atom. The third-order valence-corrected chi connectivity index (χ3v) is 1.73. The van der Waals surface area contributed by atoms with Crippen LogP contribution < -0.4 is 5.32 Å². The number of alkyl halides is 3. The number of ketones is 1. The minimum Gasteiger partial charge on any atom is -0.372 e. The fraction of sp³-hybridized carbons (Fsp3) is 0.778. The summed E-state index contributed by atoms with van der Waals surface area (Å²) in [6.45, 7) is 1.11. The van der Waals surface area contributed by atoms with Crippen molar-refractivity contribution in [3.05, 3.63) is 0 Å². The first kappa shape index (κ1) is 14.9. The van der Waals surface area contributed by atoms with Crippen LogP contribution in [-0.2, 0) is 14.3 Å². The van der Waals surface area contributed by atoms with Gasteiger partial charge in [-0.1, -0.05) is 0 Å². The minimum absolute atomic E-state index is 0.201. The number of halogens is 3. The molecule has 4 nitrogen and oxygen atoms in total. The first-order valence-electron chi connectivity index (χ1n) is 4.66. The Morgan fingerprint density at radius 2 is 1.94 bits per heavy atom. The van der Waals surface area contributed by atoms with Crippen molar-refractivity contribution in [2.24, 2.45) is 0 Å². The van der Waals surface area contributed by atoms with Gasteiger partial charge in [0.05, 0.1) is 12.6 Å². The summed E-state index contributed by atoms with van der Waals surface area (Å²) in [4.78, 5) is 21.8. The first-order valence-corrected chi connectivity index (χ1v) is 4.66. The highest BCUT2D eigenvalue weighted by molar-refractivity contribution is 5.87. The van der Waals surface area contributed by atoms with Crippen molar-refractivity contribution in [3.8, 4) is 0 Å². The second kappa shape index (κ2) is 6.47. The molecule has 94 valence electrons. The molecule has 0 radical (unpaired) electrons. The highest BCUT2D eigenvalue weighted by Crippen LogP contribution is 2.14. The molecule has 0 aliphatic heterocycles. The molecule has 0 aromatic rings. The van der Waals surface area contributed by atoms with E-state index in [-0.39, 0.29) is 18.8 Å². The predicted octanol–water partition coefficient (Wildman–Crippen LogP) is 1.05. The number of hydrogen-bond donors (Lipinski definition) is 1. The summed E-state index contributed by atoms with van der Waals surface area (Å²) in [5.41, 5.74) is 0. The van der Waals surface area contributed by atoms with Gasteiger partial charge in [-0.2, -0.15) is 13.2 Å². The molecule has 0 rings (SSSR count). The molecule has 0 saturated carbocycles. The van der Waals surface area contributed by atoms with Crippen LogP contribution in [0, 0.1) is 0 Å². The van der Waals surface area contributed by atoms with Crippen LogP contribution in [0.2, 0.25) is 0 Å². The van der Waals surface area contributed by atoms with E-state index in [0.29, 0.717) is 0 Å². The largest absolute Gasteiger partial charge is 0.411 e. The molecule has 0 bridgehead atoms. The van der Waals surface area contributed by atoms with E-state index in [9.17, 15) is 22.8 Å². The van der Waals surface area contributed by atoms with Crippen molar-refractivity contribution in [2.45, 2.75) is 32.5 Å². The maximum atomic E-state index is 11.6. The van der Waals surface area contributed by atoms with E-state index in [0.717, 1.165) is 0 Å². The second-order valence-electron chi connectivity index (χ2n) is 3.32. The Labute approximate surface area is 91.1 Å². The topological polar surface area (TPSA) is 55.4 Å². The Kier molecular flexibility index (Phi) is 6.02. The molecular weight excluding hydrogens is 227 g/mol. The smallest absolute Gasteiger partial charge is 0.372 e. The van der Waals surface area contributed by atoms with Crippen LogP contribution in [0.3, 0.4) is 0 Å². The fourth-order valence-corrected chi connectivity index (χ4v) is 0.768. The van der Waals surface area contributed by atoms with E-state index in [4.69, 9.17) is 0 Å². The van der Waals surface area contributed by atoms with E-state index in [1.54, 1.807) is 0 Å². The molecule has 1 N–H and O–H groups in total. The van der Waals surface area contributed by atoms with Crippen LogP contribution in [0.4, 0.5) is 13.2 Å². The quantitative estimate of drug-likeness (QED) is 0.707. The number of rotatable bonds is 6. The van der Waals surface area contributed by atoms with Crippen LogP contribution >= 0.6 is 0 Å². The Bertz CT molecular complexity index is 253. The summed E-state index contributed by atoms with van der Waals surface area (Å²) < 4.78 is 39.1. The SMILES string of the molecule is CC(=O)C(C)NC(=O)CCOCC(F)(F)F. The van der Waals surface area contributed by atoms with Crippen molar-refractivity contribution in [3.63, 3.8) is 0 Å². The second-order valence-corrected chi connectivity index (χ2v) is 3.32. The van der Waals surface area contributed by atoms with Gasteiger partial charge in [-0.25, -0.2) is 0 Å². The summed E-state index contributed by atoms with van der Waals surface area (Å²) in [7, 11) is 0. The van der Waals surface area contributed by atoms with Crippen LogP contribution in [0.15, 0.2) is 0 Å². The van der Waals surface area contributed by atoms with E-state index < -0.39 is 24.7 Å². The van der Waals surface area contributed by atoms with Crippen molar-refractivity contribution >= 4 is 11.7 Å². The standard InChI is InChI=1S/C9H14F3NO3/c1-6(7(2)14)13-8(15)3-4-16-5-9(10,11)12/h6H,3-5H2,1-2H3,(H,13,15). The molecule has 1 unspecified atom stereocenters. The van der Waals surface area contributed by atoms with Crippen LogP contribution in [-0.4, -0.2) is 37.1 Å². The van der Waals surface area contributed by atoms with Gasteiger partial charge in [0.1, 0.15) is 6.61 Å². The van der Waals surface area contributed by atoms with Gasteiger partial charge >= 0.3 is 6.18 Å². The first-order chi connectivity index (χ1) is 7.22. The fourth-order valence-electron chi connectivity index (χ4n) is 0.768. The molecule has 16 heavy (non-hydrogen) atoms. The Morgan fingerprint density at radius 1 is 1.38 bits per heavy atom. The zero-order chi connectivity index (χ0) is 12.8. The van der Waals surface area contributed by atoms with Crippen LogP contribution in [0.5, 0.6) is 0 Å². The number of carbonyl (C=O) groups is 2. The van der Waals surface area contributed by atoms with Gasteiger partial charge in [0.2, 0.25) is 5.91 Å². The summed E-state index contributed by atoms with van der Waals surface area (Å²) in [6.07, 6.45) is -4.59. The Hall–Kier alpha value is -1.11. The van der Waals surface area contributed by atoms with Crippen molar-refractivity contribution in [1.82, 2.24) is 5.32 Å². The molecule has 0 aliphatic rings. The minimum atomic E-state index is -4.39. The maximum absolute atomic E-state index is 11.6. The van der Waals surface area contributed by atoms with Crippen molar-refractivity contribution in [2.75, 3.05) is 13.2 Å². The molecule has 0 aromatic heterocycles. The highest BCUT2D eigenvalue weighted by Gasteiger charge is 2.27. The molecule has 0 spiro atoms. The van der Waals surface area contributed by atoms with Crippen LogP contribution in [0.25, 0.3) is 0 Å². The summed E-state index contributed by atoms with van der Waals surface area (Å²) in [6, 6.07) is -0.630. The van der Waals surface area contributed by atoms with Gasteiger partial charge in [0, 0.05) is 6.42 Å². The molecule has 0 fully saturated rings. The lowest BCUT2D eigenvalue weighted by Gasteiger charge is -2.11. The third kappa shape index (κ3) is 8.22. The molecule has 7 heteroatoms. The molecule has 0 heterocycles. The average Bonchev–Trinajstić information content (AvgIpc) is 2.10. The number of hydrogen-bond acceptors (Lipinski definition) is 3. The number of Topliss-reactive ketones (excluding diaryl/α,β-unsaturated/α-hetero) is 1. The van der Waals surface area contributed by atoms with E-state index >= 15 is 0 Å². The summed E-state index contributed by atoms with van der Waals surface area (Å²) in [5, 5.41) is 2.33. The molecule has 0 saturated heterocycles. The molecule has 0 aliphatic carbocycles. The maximum Gasteiger partial charge on any atom is 0.411 e.